The molecule has 15 heavy (non-hydrogen) atoms. The molecule has 0 bridgehead atoms. The normalized spacial score (nSPS) is 9.93. The number of nitrogen functional groups attached to an aromatic ring is 1. The van der Waals surface area contributed by atoms with Gasteiger partial charge in [-0.3, -0.25) is 5.01 Å². The lowest BCUT2D eigenvalue weighted by Gasteiger charge is -2.18. The minimum absolute atomic E-state index is 0.707. The highest BCUT2D eigenvalue weighted by atomic mass is 15.4. The van der Waals surface area contributed by atoms with Crippen LogP contribution >= 0.6 is 0 Å². The zero-order valence-electron chi connectivity index (χ0n) is 8.30. The van der Waals surface area contributed by atoms with E-state index in [0.717, 1.165) is 11.4 Å². The maximum absolute atomic E-state index is 5.96. The van der Waals surface area contributed by atoms with E-state index < -0.39 is 0 Å². The van der Waals surface area contributed by atoms with E-state index in [4.69, 9.17) is 11.6 Å². The molecule has 76 valence electrons. The van der Waals surface area contributed by atoms with E-state index in [2.05, 4.69) is 0 Å². The quantitative estimate of drug-likeness (QED) is 0.443. The fraction of sp³-hybridized carbons (Fsp3) is 0. The third-order valence-electron chi connectivity index (χ3n) is 2.18. The maximum Gasteiger partial charge on any atom is 0.0595 e. The number of benzene rings is 2. The van der Waals surface area contributed by atoms with E-state index in [0.29, 0.717) is 5.69 Å². The third-order valence-corrected chi connectivity index (χ3v) is 2.18. The first kappa shape index (κ1) is 9.55. The second kappa shape index (κ2) is 4.02. The van der Waals surface area contributed by atoms with Crippen molar-refractivity contribution in [2.45, 2.75) is 0 Å². The number of nitrogens with two attached hydrogens (primary N) is 2. The van der Waals surface area contributed by atoms with Crippen molar-refractivity contribution in [1.29, 1.82) is 0 Å². The van der Waals surface area contributed by atoms with Gasteiger partial charge in [0, 0.05) is 5.69 Å². The standard InChI is InChI=1S/C12H13N3/c13-10-5-4-8-12(9-10)15(14)11-6-2-1-3-7-11/h1-9H,13-14H2. The number of hydrogen-bond acceptors (Lipinski definition) is 3. The van der Waals surface area contributed by atoms with Crippen molar-refractivity contribution in [2.75, 3.05) is 10.7 Å². The van der Waals surface area contributed by atoms with E-state index in [1.54, 1.807) is 5.01 Å². The van der Waals surface area contributed by atoms with Crippen LogP contribution in [0.2, 0.25) is 0 Å². The van der Waals surface area contributed by atoms with Gasteiger partial charge in [0.05, 0.1) is 11.4 Å². The molecule has 0 unspecified atom stereocenters. The monoisotopic (exact) mass is 199 g/mol. The van der Waals surface area contributed by atoms with Crippen molar-refractivity contribution < 1.29 is 0 Å². The molecule has 0 atom stereocenters. The van der Waals surface area contributed by atoms with Crippen LogP contribution in [0.5, 0.6) is 0 Å². The van der Waals surface area contributed by atoms with Crippen LogP contribution in [-0.4, -0.2) is 0 Å². The Labute approximate surface area is 88.9 Å². The Bertz CT molecular complexity index is 440. The maximum atomic E-state index is 5.96. The summed E-state index contributed by atoms with van der Waals surface area (Å²) in [5.41, 5.74) is 8.21. The molecule has 0 aliphatic carbocycles. The van der Waals surface area contributed by atoms with E-state index in [-0.39, 0.29) is 0 Å². The Hall–Kier alpha value is -2.00. The van der Waals surface area contributed by atoms with Crippen LogP contribution in [0.4, 0.5) is 17.1 Å². The molecule has 2 aromatic carbocycles. The summed E-state index contributed by atoms with van der Waals surface area (Å²) < 4.78 is 0. The molecule has 4 N–H and O–H groups in total. The first-order chi connectivity index (χ1) is 7.27. The van der Waals surface area contributed by atoms with Gasteiger partial charge in [-0.15, -0.1) is 0 Å². The van der Waals surface area contributed by atoms with E-state index in [9.17, 15) is 0 Å². The van der Waals surface area contributed by atoms with Crippen molar-refractivity contribution in [2.24, 2.45) is 5.84 Å². The van der Waals surface area contributed by atoms with Crippen molar-refractivity contribution in [1.82, 2.24) is 0 Å². The van der Waals surface area contributed by atoms with E-state index in [1.165, 1.54) is 0 Å². The fourth-order valence-corrected chi connectivity index (χ4v) is 1.41. The number of nitrogens with zero attached hydrogens (tertiary/aromatic N) is 1. The number of hydrazine groups is 1. The number of para-hydroxylation sites is 1. The lowest BCUT2D eigenvalue weighted by Crippen LogP contribution is -2.24. The molecule has 0 aliphatic heterocycles. The Morgan fingerprint density at radius 2 is 1.47 bits per heavy atom. The second-order valence-corrected chi connectivity index (χ2v) is 3.30. The Morgan fingerprint density at radius 1 is 0.800 bits per heavy atom. The highest BCUT2D eigenvalue weighted by Crippen LogP contribution is 2.22. The van der Waals surface area contributed by atoms with Gasteiger partial charge < -0.3 is 5.73 Å². The number of hydrogen-bond donors (Lipinski definition) is 2. The van der Waals surface area contributed by atoms with E-state index in [1.807, 2.05) is 54.6 Å². The molecule has 0 saturated carbocycles. The molecule has 3 nitrogen and oxygen atoms in total. The molecule has 0 saturated heterocycles. The topological polar surface area (TPSA) is 55.3 Å². The first-order valence-electron chi connectivity index (χ1n) is 4.73. The molecule has 0 aromatic heterocycles. The molecule has 0 fully saturated rings. The van der Waals surface area contributed by atoms with Crippen LogP contribution < -0.4 is 16.6 Å². The Morgan fingerprint density at radius 3 is 2.13 bits per heavy atom. The van der Waals surface area contributed by atoms with Crippen molar-refractivity contribution in [3.05, 3.63) is 54.6 Å². The molecule has 2 rings (SSSR count). The summed E-state index contributed by atoms with van der Waals surface area (Å²) in [6.07, 6.45) is 0. The van der Waals surface area contributed by atoms with Gasteiger partial charge in [-0.1, -0.05) is 24.3 Å². The van der Waals surface area contributed by atoms with Gasteiger partial charge in [0.1, 0.15) is 0 Å². The van der Waals surface area contributed by atoms with Crippen molar-refractivity contribution in [3.63, 3.8) is 0 Å². The largest absolute Gasteiger partial charge is 0.399 e. The molecule has 0 aliphatic rings. The SMILES string of the molecule is Nc1cccc(N(N)c2ccccc2)c1. The fourth-order valence-electron chi connectivity index (χ4n) is 1.41. The van der Waals surface area contributed by atoms with Gasteiger partial charge in [0.2, 0.25) is 0 Å². The lowest BCUT2D eigenvalue weighted by atomic mass is 10.2. The molecule has 0 radical (unpaired) electrons. The summed E-state index contributed by atoms with van der Waals surface area (Å²) in [6.45, 7) is 0. The van der Waals surface area contributed by atoms with Crippen LogP contribution in [0.1, 0.15) is 0 Å². The molecule has 2 aromatic rings. The molecule has 0 spiro atoms. The summed E-state index contributed by atoms with van der Waals surface area (Å²) >= 11 is 0. The van der Waals surface area contributed by atoms with Crippen LogP contribution in [0.15, 0.2) is 54.6 Å². The van der Waals surface area contributed by atoms with Crippen LogP contribution in [0.3, 0.4) is 0 Å². The van der Waals surface area contributed by atoms with Gasteiger partial charge in [-0.2, -0.15) is 0 Å². The predicted octanol–water partition coefficient (Wildman–Crippen LogP) is 2.28. The minimum Gasteiger partial charge on any atom is -0.399 e. The summed E-state index contributed by atoms with van der Waals surface area (Å²) in [5, 5.41) is 1.61. The van der Waals surface area contributed by atoms with Gasteiger partial charge >= 0.3 is 0 Å². The summed E-state index contributed by atoms with van der Waals surface area (Å²) in [6, 6.07) is 17.2. The molecular weight excluding hydrogens is 186 g/mol. The Kier molecular flexibility index (Phi) is 2.56. The first-order valence-corrected chi connectivity index (χ1v) is 4.73. The zero-order chi connectivity index (χ0) is 10.7. The summed E-state index contributed by atoms with van der Waals surface area (Å²) in [5.74, 6) is 5.96. The third kappa shape index (κ3) is 2.08. The smallest absolute Gasteiger partial charge is 0.0595 e. The molecule has 0 amide bonds. The van der Waals surface area contributed by atoms with Gasteiger partial charge in [-0.25, -0.2) is 5.84 Å². The lowest BCUT2D eigenvalue weighted by molar-refractivity contribution is 1.09. The number of anilines is 3. The van der Waals surface area contributed by atoms with Crippen molar-refractivity contribution >= 4 is 17.1 Å². The average molecular weight is 199 g/mol. The Balaban J connectivity index is 2.32. The summed E-state index contributed by atoms with van der Waals surface area (Å²) in [7, 11) is 0. The second-order valence-electron chi connectivity index (χ2n) is 3.30. The molecule has 3 heteroatoms. The van der Waals surface area contributed by atoms with Crippen LogP contribution in [0, 0.1) is 0 Å². The highest BCUT2D eigenvalue weighted by molar-refractivity contribution is 5.64. The van der Waals surface area contributed by atoms with Gasteiger partial charge in [-0.05, 0) is 30.3 Å². The average Bonchev–Trinajstić information content (AvgIpc) is 2.29. The molecular formula is C12H13N3. The molecule has 0 heterocycles. The van der Waals surface area contributed by atoms with Gasteiger partial charge in [0.15, 0.2) is 0 Å². The van der Waals surface area contributed by atoms with Crippen LogP contribution in [0.25, 0.3) is 0 Å². The number of rotatable bonds is 2. The minimum atomic E-state index is 0.707. The van der Waals surface area contributed by atoms with Crippen LogP contribution in [-0.2, 0) is 0 Å². The highest BCUT2D eigenvalue weighted by Gasteiger charge is 2.03. The predicted molar refractivity (Wildman–Crippen MR) is 63.6 cm³/mol. The zero-order valence-corrected chi connectivity index (χ0v) is 8.30. The van der Waals surface area contributed by atoms with E-state index >= 15 is 0 Å². The summed E-state index contributed by atoms with van der Waals surface area (Å²) in [4.78, 5) is 0. The van der Waals surface area contributed by atoms with Gasteiger partial charge in [0.25, 0.3) is 0 Å². The van der Waals surface area contributed by atoms with Crippen molar-refractivity contribution in [3.8, 4) is 0 Å².